The highest BCUT2D eigenvalue weighted by Gasteiger charge is 2.17. The fraction of sp³-hybridized carbons (Fsp3) is 0.214. The quantitative estimate of drug-likeness (QED) is 0.943. The molecule has 1 amide bonds. The molecule has 0 fully saturated rings. The van der Waals surface area contributed by atoms with E-state index in [-0.39, 0.29) is 5.91 Å². The molecule has 0 saturated heterocycles. The van der Waals surface area contributed by atoms with E-state index in [9.17, 15) is 4.79 Å². The van der Waals surface area contributed by atoms with Crippen LogP contribution in [0.25, 0.3) is 5.57 Å². The second-order valence-electron chi connectivity index (χ2n) is 4.64. The molecule has 6 heteroatoms. The third-order valence-corrected chi connectivity index (χ3v) is 3.81. The second-order valence-corrected chi connectivity index (χ2v) is 5.70. The van der Waals surface area contributed by atoms with E-state index >= 15 is 0 Å². The van der Waals surface area contributed by atoms with Crippen LogP contribution in [0, 0.1) is 6.92 Å². The van der Waals surface area contributed by atoms with Crippen molar-refractivity contribution in [3.8, 4) is 0 Å². The van der Waals surface area contributed by atoms with Crippen LogP contribution in [-0.4, -0.2) is 20.7 Å². The molecule has 0 spiro atoms. The number of nitrogens with one attached hydrogen (secondary N) is 1. The van der Waals surface area contributed by atoms with Gasteiger partial charge in [-0.2, -0.15) is 5.10 Å². The van der Waals surface area contributed by atoms with Crippen LogP contribution in [0.4, 0.5) is 5.69 Å². The van der Waals surface area contributed by atoms with Crippen LogP contribution in [0.15, 0.2) is 35.5 Å². The van der Waals surface area contributed by atoms with Crippen LogP contribution in [0.2, 0.25) is 0 Å². The van der Waals surface area contributed by atoms with Gasteiger partial charge in [0.2, 0.25) is 0 Å². The van der Waals surface area contributed by atoms with Gasteiger partial charge in [0.15, 0.2) is 0 Å². The molecule has 20 heavy (non-hydrogen) atoms. The van der Waals surface area contributed by atoms with Crippen LogP contribution < -0.4 is 5.32 Å². The lowest BCUT2D eigenvalue weighted by molar-refractivity contribution is -0.112. The van der Waals surface area contributed by atoms with Gasteiger partial charge in [-0.15, -0.1) is 11.3 Å². The molecule has 5 nitrogen and oxygen atoms in total. The van der Waals surface area contributed by atoms with Gasteiger partial charge < -0.3 is 5.32 Å². The standard InChI is InChI=1S/C14H14N4OS/c1-9-16-13(8-20-9)10-3-4-11(5-10)14(19)17-12-6-15-18(2)7-12/h3,5-8H,4H2,1-2H3,(H,17,19). The summed E-state index contributed by atoms with van der Waals surface area (Å²) in [6.45, 7) is 1.98. The van der Waals surface area contributed by atoms with Gasteiger partial charge in [0.1, 0.15) is 0 Å². The largest absolute Gasteiger partial charge is 0.320 e. The molecule has 0 bridgehead atoms. The SMILES string of the molecule is Cc1nc(C2=CCC(C(=O)Nc3cnn(C)c3)=C2)cs1. The molecule has 0 aromatic carbocycles. The van der Waals surface area contributed by atoms with Crippen LogP contribution >= 0.6 is 11.3 Å². The van der Waals surface area contributed by atoms with Crippen molar-refractivity contribution < 1.29 is 4.79 Å². The highest BCUT2D eigenvalue weighted by atomic mass is 32.1. The Hall–Kier alpha value is -2.21. The first-order chi connectivity index (χ1) is 9.61. The number of allylic oxidation sites excluding steroid dienone is 3. The molecule has 1 aliphatic rings. The Morgan fingerprint density at radius 2 is 2.35 bits per heavy atom. The molecule has 102 valence electrons. The zero-order valence-corrected chi connectivity index (χ0v) is 12.1. The van der Waals surface area contributed by atoms with E-state index < -0.39 is 0 Å². The molecule has 3 rings (SSSR count). The van der Waals surface area contributed by atoms with E-state index in [1.807, 2.05) is 31.5 Å². The van der Waals surface area contributed by atoms with E-state index in [2.05, 4.69) is 15.4 Å². The van der Waals surface area contributed by atoms with E-state index in [1.165, 1.54) is 0 Å². The van der Waals surface area contributed by atoms with Gasteiger partial charge in [0, 0.05) is 24.2 Å². The number of rotatable bonds is 3. The number of aromatic nitrogens is 3. The Morgan fingerprint density at radius 3 is 3.00 bits per heavy atom. The Kier molecular flexibility index (Phi) is 3.23. The zero-order chi connectivity index (χ0) is 14.1. The fourth-order valence-electron chi connectivity index (χ4n) is 2.06. The minimum absolute atomic E-state index is 0.0869. The van der Waals surface area contributed by atoms with Crippen LogP contribution in [0.5, 0.6) is 0 Å². The molecule has 2 aromatic heterocycles. The monoisotopic (exact) mass is 286 g/mol. The number of hydrogen-bond donors (Lipinski definition) is 1. The fourth-order valence-corrected chi connectivity index (χ4v) is 2.68. The van der Waals surface area contributed by atoms with E-state index in [0.717, 1.165) is 21.8 Å². The Bertz CT molecular complexity index is 723. The lowest BCUT2D eigenvalue weighted by atomic mass is 10.2. The van der Waals surface area contributed by atoms with Gasteiger partial charge in [0.05, 0.1) is 22.6 Å². The van der Waals surface area contributed by atoms with Gasteiger partial charge in [-0.1, -0.05) is 6.08 Å². The highest BCUT2D eigenvalue weighted by molar-refractivity contribution is 7.09. The smallest absolute Gasteiger partial charge is 0.252 e. The van der Waals surface area contributed by atoms with Crippen LogP contribution in [-0.2, 0) is 11.8 Å². The maximum absolute atomic E-state index is 12.1. The zero-order valence-electron chi connectivity index (χ0n) is 11.3. The van der Waals surface area contributed by atoms with Crippen molar-refractivity contribution in [2.24, 2.45) is 7.05 Å². The van der Waals surface area contributed by atoms with E-state index in [0.29, 0.717) is 12.1 Å². The lowest BCUT2D eigenvalue weighted by Gasteiger charge is -2.01. The maximum Gasteiger partial charge on any atom is 0.252 e. The van der Waals surface area contributed by atoms with Gasteiger partial charge >= 0.3 is 0 Å². The van der Waals surface area contributed by atoms with Gasteiger partial charge in [0.25, 0.3) is 5.91 Å². The molecule has 0 aliphatic heterocycles. The summed E-state index contributed by atoms with van der Waals surface area (Å²) in [6, 6.07) is 0. The summed E-state index contributed by atoms with van der Waals surface area (Å²) in [5, 5.41) is 9.91. The number of anilines is 1. The molecule has 2 heterocycles. The van der Waals surface area contributed by atoms with Gasteiger partial charge in [-0.3, -0.25) is 9.48 Å². The molecule has 0 unspecified atom stereocenters. The molecule has 0 saturated carbocycles. The third kappa shape index (κ3) is 2.55. The first-order valence-corrected chi connectivity index (χ1v) is 7.13. The Morgan fingerprint density at radius 1 is 1.50 bits per heavy atom. The molecular formula is C14H14N4OS. The second kappa shape index (κ2) is 5.05. The average molecular weight is 286 g/mol. The molecule has 1 N–H and O–H groups in total. The van der Waals surface area contributed by atoms with Crippen LogP contribution in [0.3, 0.4) is 0 Å². The summed E-state index contributed by atoms with van der Waals surface area (Å²) in [4.78, 5) is 16.6. The van der Waals surface area contributed by atoms with Gasteiger partial charge in [-0.25, -0.2) is 4.98 Å². The van der Waals surface area contributed by atoms with Crippen molar-refractivity contribution in [1.29, 1.82) is 0 Å². The average Bonchev–Trinajstić information content (AvgIpc) is 3.10. The number of amides is 1. The molecular weight excluding hydrogens is 272 g/mol. The molecule has 0 atom stereocenters. The number of aryl methyl sites for hydroxylation is 2. The van der Waals surface area contributed by atoms with E-state index in [4.69, 9.17) is 0 Å². The summed E-state index contributed by atoms with van der Waals surface area (Å²) >= 11 is 1.61. The minimum Gasteiger partial charge on any atom is -0.320 e. The normalized spacial score (nSPS) is 14.1. The minimum atomic E-state index is -0.0869. The Balaban J connectivity index is 1.71. The topological polar surface area (TPSA) is 59.8 Å². The first-order valence-electron chi connectivity index (χ1n) is 6.25. The summed E-state index contributed by atoms with van der Waals surface area (Å²) in [7, 11) is 1.81. The first kappa shape index (κ1) is 12.8. The van der Waals surface area contributed by atoms with Crippen molar-refractivity contribution in [2.75, 3.05) is 5.32 Å². The molecule has 0 radical (unpaired) electrons. The predicted octanol–water partition coefficient (Wildman–Crippen LogP) is 2.54. The van der Waals surface area contributed by atoms with Crippen molar-refractivity contribution in [3.05, 3.63) is 46.2 Å². The van der Waals surface area contributed by atoms with Crippen molar-refractivity contribution in [3.63, 3.8) is 0 Å². The summed E-state index contributed by atoms with van der Waals surface area (Å²) < 4.78 is 1.65. The van der Waals surface area contributed by atoms with Crippen LogP contribution in [0.1, 0.15) is 17.1 Å². The Labute approximate surface area is 120 Å². The summed E-state index contributed by atoms with van der Waals surface area (Å²) in [6.07, 6.45) is 7.97. The van der Waals surface area contributed by atoms with Gasteiger partial charge in [-0.05, 0) is 25.0 Å². The molecule has 1 aliphatic carbocycles. The number of hydrogen-bond acceptors (Lipinski definition) is 4. The molecule has 2 aromatic rings. The summed E-state index contributed by atoms with van der Waals surface area (Å²) in [5.41, 5.74) is 3.41. The number of carbonyl (C=O) groups excluding carboxylic acids is 1. The predicted molar refractivity (Wildman–Crippen MR) is 79.4 cm³/mol. The lowest BCUT2D eigenvalue weighted by Crippen LogP contribution is -2.12. The number of carbonyl (C=O) groups is 1. The third-order valence-electron chi connectivity index (χ3n) is 3.04. The van der Waals surface area contributed by atoms with E-state index in [1.54, 1.807) is 28.4 Å². The maximum atomic E-state index is 12.1. The van der Waals surface area contributed by atoms with Crippen molar-refractivity contribution >= 4 is 28.5 Å². The van der Waals surface area contributed by atoms with Crippen molar-refractivity contribution in [1.82, 2.24) is 14.8 Å². The van der Waals surface area contributed by atoms with Crippen molar-refractivity contribution in [2.45, 2.75) is 13.3 Å². The number of thiazole rings is 1. The summed E-state index contributed by atoms with van der Waals surface area (Å²) in [5.74, 6) is -0.0869. The number of nitrogens with zero attached hydrogens (tertiary/aromatic N) is 3. The highest BCUT2D eigenvalue weighted by Crippen LogP contribution is 2.27.